The summed E-state index contributed by atoms with van der Waals surface area (Å²) < 4.78 is 10.1. The number of allylic oxidation sites excluding steroid dienone is 1. The van der Waals surface area contributed by atoms with Crippen LogP contribution in [0.15, 0.2) is 58.8 Å². The molecule has 0 aliphatic carbocycles. The van der Waals surface area contributed by atoms with Crippen LogP contribution in [0.3, 0.4) is 0 Å². The summed E-state index contributed by atoms with van der Waals surface area (Å²) in [5.41, 5.74) is 7.74. The van der Waals surface area contributed by atoms with E-state index in [1.165, 1.54) is 5.69 Å². The highest BCUT2D eigenvalue weighted by Gasteiger charge is 2.26. The smallest absolute Gasteiger partial charge is 0.256 e. The Hall–Kier alpha value is -3.09. The summed E-state index contributed by atoms with van der Waals surface area (Å²) in [5, 5.41) is 7.35. The average molecular weight is 554 g/mol. The minimum absolute atomic E-state index is 0.0594. The Morgan fingerprint density at radius 2 is 1.56 bits per heavy atom. The molecule has 6 nitrogen and oxygen atoms in total. The lowest BCUT2D eigenvalue weighted by atomic mass is 9.93. The monoisotopic (exact) mass is 553 g/mol. The number of amides is 1. The highest BCUT2D eigenvalue weighted by Crippen LogP contribution is 2.41. The molecule has 0 spiro atoms. The van der Waals surface area contributed by atoms with Crippen molar-refractivity contribution < 1.29 is 14.1 Å². The first-order valence-electron chi connectivity index (χ1n) is 13.8. The lowest BCUT2D eigenvalue weighted by molar-refractivity contribution is -0.110. The second-order valence-electron chi connectivity index (χ2n) is 9.99. The van der Waals surface area contributed by atoms with Gasteiger partial charge in [0.15, 0.2) is 0 Å². The molecule has 212 valence electrons. The molecule has 0 bridgehead atoms. The number of ether oxygens (including phenoxy) is 1. The van der Waals surface area contributed by atoms with Gasteiger partial charge in [0.2, 0.25) is 0 Å². The van der Waals surface area contributed by atoms with Crippen LogP contribution in [0.25, 0.3) is 16.7 Å². The van der Waals surface area contributed by atoms with Crippen LogP contribution in [0.2, 0.25) is 5.02 Å². The third-order valence-corrected chi connectivity index (χ3v) is 6.43. The molecule has 0 atom stereocenters. The van der Waals surface area contributed by atoms with Gasteiger partial charge in [-0.15, -0.1) is 0 Å². The predicted molar refractivity (Wildman–Crippen MR) is 165 cm³/mol. The van der Waals surface area contributed by atoms with Crippen molar-refractivity contribution >= 4 is 34.5 Å². The zero-order chi connectivity index (χ0) is 29.2. The number of nitrogens with one attached hydrogen (secondary N) is 1. The van der Waals surface area contributed by atoms with E-state index in [9.17, 15) is 4.79 Å². The largest absolute Gasteiger partial charge is 0.378 e. The Balaban J connectivity index is 0.000000345. The van der Waals surface area contributed by atoms with E-state index in [0.29, 0.717) is 5.02 Å². The van der Waals surface area contributed by atoms with E-state index in [1.54, 1.807) is 6.26 Å². The van der Waals surface area contributed by atoms with Gasteiger partial charge in [0.25, 0.3) is 5.91 Å². The van der Waals surface area contributed by atoms with Crippen molar-refractivity contribution in [2.75, 3.05) is 36.5 Å². The first kappa shape index (κ1) is 32.1. The molecule has 0 unspecified atom stereocenters. The summed E-state index contributed by atoms with van der Waals surface area (Å²) >= 11 is 6.51. The van der Waals surface area contributed by atoms with Crippen molar-refractivity contribution in [2.24, 2.45) is 0 Å². The number of anilines is 2. The lowest BCUT2D eigenvalue weighted by Crippen LogP contribution is -2.36. The molecule has 2 aliphatic rings. The number of nitrogens with zero attached hydrogens (tertiary/aromatic N) is 2. The number of morpholine rings is 1. The van der Waals surface area contributed by atoms with Gasteiger partial charge in [-0.25, -0.2) is 0 Å². The number of hydrogen-bond acceptors (Lipinski definition) is 5. The second kappa shape index (κ2) is 14.9. The number of carbonyl (C=O) groups is 1. The minimum Gasteiger partial charge on any atom is -0.378 e. The molecule has 1 aromatic heterocycles. The number of aromatic nitrogens is 1. The normalized spacial score (nSPS) is 14.1. The SMILES string of the molecule is CC.CC.CC(C)(C)c1ccon1.CC(C)=C1C(=O)Nc2cc(Cl)c(-c3ccc(N4CCOCC4)cc3)cc21. The molecular weight excluding hydrogens is 510 g/mol. The number of carbonyl (C=O) groups excluding carboxylic acids is 1. The van der Waals surface area contributed by atoms with E-state index in [-0.39, 0.29) is 11.3 Å². The van der Waals surface area contributed by atoms with Gasteiger partial charge in [-0.3, -0.25) is 4.79 Å². The molecule has 1 amide bonds. The number of fused-ring (bicyclic) bond motifs is 1. The first-order chi connectivity index (χ1) is 18.6. The molecule has 2 aromatic carbocycles. The fourth-order valence-corrected chi connectivity index (χ4v) is 4.45. The maximum absolute atomic E-state index is 12.2. The zero-order valence-electron chi connectivity index (χ0n) is 24.9. The molecule has 5 rings (SSSR count). The molecule has 39 heavy (non-hydrogen) atoms. The summed E-state index contributed by atoms with van der Waals surface area (Å²) in [7, 11) is 0. The molecule has 1 saturated heterocycles. The molecule has 0 saturated carbocycles. The fourth-order valence-electron chi connectivity index (χ4n) is 4.18. The van der Waals surface area contributed by atoms with Gasteiger partial charge >= 0.3 is 0 Å². The Bertz CT molecular complexity index is 1220. The van der Waals surface area contributed by atoms with Gasteiger partial charge < -0.3 is 19.5 Å². The van der Waals surface area contributed by atoms with Crippen LogP contribution in [-0.4, -0.2) is 37.4 Å². The molecule has 1 N–H and O–H groups in total. The first-order valence-corrected chi connectivity index (χ1v) is 14.2. The molecule has 1 fully saturated rings. The summed E-state index contributed by atoms with van der Waals surface area (Å²) in [5.74, 6) is -0.0594. The third kappa shape index (κ3) is 8.20. The van der Waals surface area contributed by atoms with Crippen LogP contribution in [0, 0.1) is 0 Å². The van der Waals surface area contributed by atoms with Crippen LogP contribution in [-0.2, 0) is 14.9 Å². The Morgan fingerprint density at radius 3 is 2.05 bits per heavy atom. The van der Waals surface area contributed by atoms with Gasteiger partial charge in [-0.1, -0.05) is 82.9 Å². The van der Waals surface area contributed by atoms with Crippen molar-refractivity contribution in [1.82, 2.24) is 5.16 Å². The molecule has 7 heteroatoms. The molecule has 3 aromatic rings. The minimum atomic E-state index is -0.0594. The maximum atomic E-state index is 12.2. The maximum Gasteiger partial charge on any atom is 0.256 e. The van der Waals surface area contributed by atoms with E-state index in [1.807, 2.05) is 59.7 Å². The van der Waals surface area contributed by atoms with E-state index in [2.05, 4.69) is 60.4 Å². The van der Waals surface area contributed by atoms with Gasteiger partial charge in [0.1, 0.15) is 6.26 Å². The molecular formula is C32H44ClN3O3. The van der Waals surface area contributed by atoms with E-state index < -0.39 is 0 Å². The quantitative estimate of drug-likeness (QED) is 0.322. The predicted octanol–water partition coefficient (Wildman–Crippen LogP) is 8.61. The summed E-state index contributed by atoms with van der Waals surface area (Å²) in [6.07, 6.45) is 1.60. The van der Waals surface area contributed by atoms with Gasteiger partial charge in [0.05, 0.1) is 29.6 Å². The summed E-state index contributed by atoms with van der Waals surface area (Å²) in [6, 6.07) is 14.2. The van der Waals surface area contributed by atoms with Gasteiger partial charge in [0, 0.05) is 47.0 Å². The van der Waals surface area contributed by atoms with Crippen molar-refractivity contribution in [1.29, 1.82) is 0 Å². The zero-order valence-corrected chi connectivity index (χ0v) is 25.7. The number of hydrogen-bond donors (Lipinski definition) is 1. The number of benzene rings is 2. The highest BCUT2D eigenvalue weighted by molar-refractivity contribution is 6.36. The van der Waals surface area contributed by atoms with E-state index in [0.717, 1.165) is 65.5 Å². The molecule has 3 heterocycles. The fraction of sp³-hybridized carbons (Fsp3) is 0.438. The topological polar surface area (TPSA) is 67.6 Å². The summed E-state index contributed by atoms with van der Waals surface area (Å²) in [6.45, 7) is 21.6. The Labute approximate surface area is 239 Å². The Morgan fingerprint density at radius 1 is 0.949 bits per heavy atom. The molecule has 2 aliphatic heterocycles. The van der Waals surface area contributed by atoms with E-state index >= 15 is 0 Å². The second-order valence-corrected chi connectivity index (χ2v) is 10.4. The van der Waals surface area contributed by atoms with E-state index in [4.69, 9.17) is 20.9 Å². The van der Waals surface area contributed by atoms with Crippen molar-refractivity contribution in [3.05, 3.63) is 70.6 Å². The van der Waals surface area contributed by atoms with Crippen LogP contribution in [0.4, 0.5) is 11.4 Å². The number of halogens is 1. The van der Waals surface area contributed by atoms with Crippen molar-refractivity contribution in [3.8, 4) is 11.1 Å². The molecule has 0 radical (unpaired) electrons. The third-order valence-electron chi connectivity index (χ3n) is 6.11. The van der Waals surface area contributed by atoms with Crippen LogP contribution in [0.1, 0.15) is 73.6 Å². The van der Waals surface area contributed by atoms with Crippen molar-refractivity contribution in [3.63, 3.8) is 0 Å². The van der Waals surface area contributed by atoms with Crippen molar-refractivity contribution in [2.45, 2.75) is 67.7 Å². The standard InChI is InChI=1S/C21H21ClN2O2.C7H11NO.2C2H6/c1-13(2)20-17-11-16(18(22)12-19(17)23-21(20)25)14-3-5-15(6-4-14)24-7-9-26-10-8-24;1-7(2,3)6-4-5-9-8-6;2*1-2/h3-6,11-12H,7-10H2,1-2H3,(H,23,25);4-5H,1-3H3;2*1-2H3. The van der Waals surface area contributed by atoms with Crippen LogP contribution < -0.4 is 10.2 Å². The lowest BCUT2D eigenvalue weighted by Gasteiger charge is -2.29. The number of rotatable bonds is 2. The van der Waals surface area contributed by atoms with Gasteiger partial charge in [-0.05, 0) is 43.7 Å². The van der Waals surface area contributed by atoms with Gasteiger partial charge in [-0.2, -0.15) is 0 Å². The Kier molecular flexibility index (Phi) is 12.3. The highest BCUT2D eigenvalue weighted by atomic mass is 35.5. The van der Waals surface area contributed by atoms with Crippen LogP contribution >= 0.6 is 11.6 Å². The average Bonchev–Trinajstić information content (AvgIpc) is 3.59. The summed E-state index contributed by atoms with van der Waals surface area (Å²) in [4.78, 5) is 14.5. The van der Waals surface area contributed by atoms with Crippen LogP contribution in [0.5, 0.6) is 0 Å².